The van der Waals surface area contributed by atoms with E-state index in [0.29, 0.717) is 11.8 Å². The molecule has 18 heavy (non-hydrogen) atoms. The van der Waals surface area contributed by atoms with Crippen LogP contribution in [0.2, 0.25) is 0 Å². The number of alkyl halides is 1. The van der Waals surface area contributed by atoms with Crippen LogP contribution in [0, 0.1) is 0 Å². The van der Waals surface area contributed by atoms with Crippen LogP contribution in [0.3, 0.4) is 0 Å². The lowest BCUT2D eigenvalue weighted by Crippen LogP contribution is -1.91. The van der Waals surface area contributed by atoms with Gasteiger partial charge in [0.05, 0.1) is 0 Å². The summed E-state index contributed by atoms with van der Waals surface area (Å²) in [5, 5.41) is 0. The quantitative estimate of drug-likeness (QED) is 0.626. The Hall–Kier alpha value is -1.27. The molecule has 0 aliphatic rings. The molecule has 0 N–H and O–H groups in total. The van der Waals surface area contributed by atoms with Crippen LogP contribution in [0.25, 0.3) is 11.1 Å². The monoisotopic (exact) mass is 258 g/mol. The van der Waals surface area contributed by atoms with E-state index in [-0.39, 0.29) is 0 Å². The third-order valence-corrected chi connectivity index (χ3v) is 3.79. The molecular formula is C17H19Cl. The molecule has 0 radical (unpaired) electrons. The van der Waals surface area contributed by atoms with Crippen LogP contribution in [-0.2, 0) is 5.88 Å². The number of hydrogen-bond donors (Lipinski definition) is 0. The minimum absolute atomic E-state index is 0.568. The Morgan fingerprint density at radius 2 is 1.67 bits per heavy atom. The molecule has 0 saturated heterocycles. The van der Waals surface area contributed by atoms with Crippen molar-refractivity contribution in [2.24, 2.45) is 0 Å². The van der Waals surface area contributed by atoms with Crippen LogP contribution in [0.15, 0.2) is 48.5 Å². The van der Waals surface area contributed by atoms with Crippen LogP contribution in [0.5, 0.6) is 0 Å². The summed E-state index contributed by atoms with van der Waals surface area (Å²) in [6.45, 7) is 4.50. The van der Waals surface area contributed by atoms with Crippen molar-refractivity contribution in [1.82, 2.24) is 0 Å². The summed E-state index contributed by atoms with van der Waals surface area (Å²) in [6, 6.07) is 17.3. The van der Waals surface area contributed by atoms with Gasteiger partial charge in [-0.3, -0.25) is 0 Å². The van der Waals surface area contributed by atoms with E-state index in [9.17, 15) is 0 Å². The minimum atomic E-state index is 0.568. The fourth-order valence-electron chi connectivity index (χ4n) is 2.09. The summed E-state index contributed by atoms with van der Waals surface area (Å²) in [5.74, 6) is 1.18. The average molecular weight is 259 g/mol. The van der Waals surface area contributed by atoms with Crippen LogP contribution in [0.1, 0.15) is 37.3 Å². The van der Waals surface area contributed by atoms with Gasteiger partial charge < -0.3 is 0 Å². The van der Waals surface area contributed by atoms with E-state index in [1.54, 1.807) is 0 Å². The number of rotatable bonds is 4. The Kier molecular flexibility index (Phi) is 4.43. The molecule has 0 spiro atoms. The molecule has 94 valence electrons. The Morgan fingerprint density at radius 3 is 2.33 bits per heavy atom. The summed E-state index contributed by atoms with van der Waals surface area (Å²) in [7, 11) is 0. The van der Waals surface area contributed by atoms with Gasteiger partial charge in [0.1, 0.15) is 0 Å². The average Bonchev–Trinajstić information content (AvgIpc) is 2.46. The van der Waals surface area contributed by atoms with Gasteiger partial charge in [0.2, 0.25) is 0 Å². The third-order valence-electron chi connectivity index (χ3n) is 3.48. The lowest BCUT2D eigenvalue weighted by Gasteiger charge is -2.11. The predicted octanol–water partition coefficient (Wildman–Crippen LogP) is 5.61. The highest BCUT2D eigenvalue weighted by molar-refractivity contribution is 6.17. The van der Waals surface area contributed by atoms with Crippen molar-refractivity contribution in [3.05, 3.63) is 59.7 Å². The van der Waals surface area contributed by atoms with Crippen molar-refractivity contribution < 1.29 is 0 Å². The lowest BCUT2D eigenvalue weighted by atomic mass is 9.94. The molecule has 0 fully saturated rings. The molecule has 2 rings (SSSR count). The Labute approximate surface area is 115 Å². The molecule has 2 aromatic rings. The molecule has 0 aromatic heterocycles. The van der Waals surface area contributed by atoms with Gasteiger partial charge in [0, 0.05) is 5.88 Å². The normalized spacial score (nSPS) is 12.4. The maximum absolute atomic E-state index is 5.89. The summed E-state index contributed by atoms with van der Waals surface area (Å²) < 4.78 is 0. The highest BCUT2D eigenvalue weighted by atomic mass is 35.5. The molecule has 0 aliphatic carbocycles. The van der Waals surface area contributed by atoms with Crippen LogP contribution < -0.4 is 0 Å². The van der Waals surface area contributed by atoms with Crippen molar-refractivity contribution >= 4 is 11.6 Å². The van der Waals surface area contributed by atoms with Gasteiger partial charge >= 0.3 is 0 Å². The maximum atomic E-state index is 5.89. The molecule has 0 bridgehead atoms. The minimum Gasteiger partial charge on any atom is -0.122 e. The second-order valence-corrected chi connectivity index (χ2v) is 5.04. The molecule has 0 aliphatic heterocycles. The lowest BCUT2D eigenvalue weighted by molar-refractivity contribution is 0.734. The van der Waals surface area contributed by atoms with Gasteiger partial charge in [-0.15, -0.1) is 11.6 Å². The summed E-state index contributed by atoms with van der Waals surface area (Å²) in [6.07, 6.45) is 1.17. The van der Waals surface area contributed by atoms with Crippen molar-refractivity contribution in [3.8, 4) is 11.1 Å². The molecule has 1 unspecified atom stereocenters. The molecule has 1 heteroatoms. The molecule has 0 amide bonds. The van der Waals surface area contributed by atoms with Crippen molar-refractivity contribution in [3.63, 3.8) is 0 Å². The molecular weight excluding hydrogens is 240 g/mol. The zero-order chi connectivity index (χ0) is 13.0. The van der Waals surface area contributed by atoms with E-state index in [2.05, 4.69) is 62.4 Å². The molecule has 2 aromatic carbocycles. The molecule has 0 nitrogen and oxygen atoms in total. The number of halogens is 1. The van der Waals surface area contributed by atoms with E-state index >= 15 is 0 Å². The van der Waals surface area contributed by atoms with Gasteiger partial charge in [-0.2, -0.15) is 0 Å². The van der Waals surface area contributed by atoms with Gasteiger partial charge in [0.25, 0.3) is 0 Å². The Balaban J connectivity index is 2.38. The second kappa shape index (κ2) is 6.06. The maximum Gasteiger partial charge on any atom is 0.0474 e. The smallest absolute Gasteiger partial charge is 0.0474 e. The topological polar surface area (TPSA) is 0 Å². The standard InChI is InChI=1S/C17H19Cl/c1-3-13(2)15-7-5-9-17(11-15)16-8-4-6-14(10-16)12-18/h4-11,13H,3,12H2,1-2H3. The largest absolute Gasteiger partial charge is 0.122 e. The zero-order valence-electron chi connectivity index (χ0n) is 11.0. The Bertz CT molecular complexity index is 517. The van der Waals surface area contributed by atoms with E-state index in [4.69, 9.17) is 11.6 Å². The first-order chi connectivity index (χ1) is 8.74. The first-order valence-corrected chi connectivity index (χ1v) is 7.03. The fraction of sp³-hybridized carbons (Fsp3) is 0.294. The zero-order valence-corrected chi connectivity index (χ0v) is 11.7. The van der Waals surface area contributed by atoms with Crippen LogP contribution in [-0.4, -0.2) is 0 Å². The molecule has 0 saturated carbocycles. The van der Waals surface area contributed by atoms with Gasteiger partial charge in [-0.05, 0) is 40.7 Å². The van der Waals surface area contributed by atoms with Crippen molar-refractivity contribution in [2.45, 2.75) is 32.1 Å². The number of benzene rings is 2. The van der Waals surface area contributed by atoms with Crippen LogP contribution >= 0.6 is 11.6 Å². The van der Waals surface area contributed by atoms with Gasteiger partial charge in [0.15, 0.2) is 0 Å². The van der Waals surface area contributed by atoms with Gasteiger partial charge in [-0.1, -0.05) is 56.3 Å². The first kappa shape index (κ1) is 13.2. The van der Waals surface area contributed by atoms with Crippen molar-refractivity contribution in [1.29, 1.82) is 0 Å². The van der Waals surface area contributed by atoms with E-state index in [0.717, 1.165) is 0 Å². The first-order valence-electron chi connectivity index (χ1n) is 6.49. The summed E-state index contributed by atoms with van der Waals surface area (Å²) >= 11 is 5.89. The number of hydrogen-bond acceptors (Lipinski definition) is 0. The van der Waals surface area contributed by atoms with Gasteiger partial charge in [-0.25, -0.2) is 0 Å². The van der Waals surface area contributed by atoms with Crippen LogP contribution in [0.4, 0.5) is 0 Å². The fourth-order valence-corrected chi connectivity index (χ4v) is 2.26. The molecule has 1 atom stereocenters. The Morgan fingerprint density at radius 1 is 1.00 bits per heavy atom. The van der Waals surface area contributed by atoms with E-state index in [1.165, 1.54) is 28.7 Å². The highest BCUT2D eigenvalue weighted by Gasteiger charge is 2.05. The highest BCUT2D eigenvalue weighted by Crippen LogP contribution is 2.26. The second-order valence-electron chi connectivity index (χ2n) is 4.77. The van der Waals surface area contributed by atoms with Crippen molar-refractivity contribution in [2.75, 3.05) is 0 Å². The summed E-state index contributed by atoms with van der Waals surface area (Å²) in [4.78, 5) is 0. The summed E-state index contributed by atoms with van der Waals surface area (Å²) in [5.41, 5.74) is 5.10. The van der Waals surface area contributed by atoms with E-state index < -0.39 is 0 Å². The molecule has 0 heterocycles. The van der Waals surface area contributed by atoms with E-state index in [1.807, 2.05) is 0 Å². The SMILES string of the molecule is CCC(C)c1cccc(-c2cccc(CCl)c2)c1. The third kappa shape index (κ3) is 2.94. The predicted molar refractivity (Wildman–Crippen MR) is 80.1 cm³/mol.